The monoisotopic (exact) mass is 313 g/mol. The summed E-state index contributed by atoms with van der Waals surface area (Å²) in [5.74, 6) is 0.309. The number of hydrogen-bond donors (Lipinski definition) is 1. The molecule has 3 nitrogen and oxygen atoms in total. The molecule has 21 heavy (non-hydrogen) atoms. The van der Waals surface area contributed by atoms with Gasteiger partial charge in [0.1, 0.15) is 0 Å². The second kappa shape index (κ2) is 7.26. The number of rotatable bonds is 7. The fourth-order valence-corrected chi connectivity index (χ4v) is 2.88. The summed E-state index contributed by atoms with van der Waals surface area (Å²) in [6.45, 7) is -0.814. The van der Waals surface area contributed by atoms with Gasteiger partial charge in [0.15, 0.2) is 11.5 Å². The second-order valence-electron chi connectivity index (χ2n) is 4.36. The summed E-state index contributed by atoms with van der Waals surface area (Å²) >= 11 is 1.66. The highest BCUT2D eigenvalue weighted by Crippen LogP contribution is 2.34. The number of ether oxygens (including phenoxy) is 2. The predicted octanol–water partition coefficient (Wildman–Crippen LogP) is 4.92. The van der Waals surface area contributed by atoms with E-state index in [0.717, 1.165) is 6.42 Å². The first-order valence-corrected chi connectivity index (χ1v) is 7.44. The summed E-state index contributed by atoms with van der Waals surface area (Å²) in [6, 6.07) is 9.10. The molecule has 0 amide bonds. The Bertz CT molecular complexity index is 561. The van der Waals surface area contributed by atoms with E-state index in [4.69, 9.17) is 4.74 Å². The molecule has 114 valence electrons. The molecule has 1 aromatic heterocycles. The van der Waals surface area contributed by atoms with E-state index in [1.807, 2.05) is 17.5 Å². The highest BCUT2D eigenvalue weighted by Gasteiger charge is 2.14. The van der Waals surface area contributed by atoms with E-state index in [-0.39, 0.29) is 17.5 Å². The number of methoxy groups -OCH3 is 1. The number of halogens is 2. The van der Waals surface area contributed by atoms with E-state index in [1.165, 1.54) is 18.1 Å². The largest absolute Gasteiger partial charge is 0.493 e. The third-order valence-corrected chi connectivity index (χ3v) is 4.00. The minimum absolute atomic E-state index is 0.0264. The molecule has 0 aliphatic rings. The van der Waals surface area contributed by atoms with Crippen molar-refractivity contribution < 1.29 is 18.3 Å². The Kier molecular flexibility index (Phi) is 5.38. The summed E-state index contributed by atoms with van der Waals surface area (Å²) in [5, 5.41) is 5.34. The van der Waals surface area contributed by atoms with Crippen molar-refractivity contribution in [2.75, 3.05) is 12.4 Å². The zero-order valence-electron chi connectivity index (χ0n) is 11.8. The van der Waals surface area contributed by atoms with Crippen molar-refractivity contribution in [3.05, 3.63) is 40.6 Å². The first kappa shape index (κ1) is 15.6. The van der Waals surface area contributed by atoms with Gasteiger partial charge in [0.2, 0.25) is 0 Å². The molecule has 1 unspecified atom stereocenters. The minimum atomic E-state index is -2.88. The van der Waals surface area contributed by atoms with Gasteiger partial charge in [-0.2, -0.15) is 8.78 Å². The van der Waals surface area contributed by atoms with Crippen LogP contribution in [0.3, 0.4) is 0 Å². The van der Waals surface area contributed by atoms with Crippen LogP contribution in [0.15, 0.2) is 35.7 Å². The molecule has 0 fully saturated rings. The van der Waals surface area contributed by atoms with Crippen LogP contribution in [0.25, 0.3) is 0 Å². The maximum atomic E-state index is 12.4. The van der Waals surface area contributed by atoms with Crippen molar-refractivity contribution in [2.45, 2.75) is 26.0 Å². The van der Waals surface area contributed by atoms with Crippen LogP contribution in [0.1, 0.15) is 24.3 Å². The molecule has 2 aromatic rings. The van der Waals surface area contributed by atoms with Crippen LogP contribution < -0.4 is 14.8 Å². The predicted molar refractivity (Wildman–Crippen MR) is 80.6 cm³/mol. The quantitative estimate of drug-likeness (QED) is 0.787. The molecule has 1 N–H and O–H groups in total. The maximum Gasteiger partial charge on any atom is 0.387 e. The van der Waals surface area contributed by atoms with Crippen LogP contribution in [-0.2, 0) is 0 Å². The van der Waals surface area contributed by atoms with E-state index in [1.54, 1.807) is 23.5 Å². The topological polar surface area (TPSA) is 30.5 Å². The van der Waals surface area contributed by atoms with Crippen molar-refractivity contribution in [2.24, 2.45) is 0 Å². The number of hydrogen-bond acceptors (Lipinski definition) is 4. The second-order valence-corrected chi connectivity index (χ2v) is 5.34. The summed E-state index contributed by atoms with van der Waals surface area (Å²) in [5.41, 5.74) is 0.715. The van der Waals surface area contributed by atoms with Crippen LogP contribution in [0.4, 0.5) is 14.5 Å². The van der Waals surface area contributed by atoms with Crippen LogP contribution in [0, 0.1) is 0 Å². The SMILES string of the molecule is CCC(Nc1ccc(OC)c(OC(F)F)c1)c1cccs1. The van der Waals surface area contributed by atoms with Gasteiger partial charge in [0.05, 0.1) is 13.2 Å². The van der Waals surface area contributed by atoms with Crippen molar-refractivity contribution >= 4 is 17.0 Å². The molecule has 1 aromatic carbocycles. The van der Waals surface area contributed by atoms with Crippen LogP contribution in [0.2, 0.25) is 0 Å². The molecule has 1 atom stereocenters. The fourth-order valence-electron chi connectivity index (χ4n) is 2.02. The lowest BCUT2D eigenvalue weighted by Gasteiger charge is -2.18. The molecular weight excluding hydrogens is 296 g/mol. The number of thiophene rings is 1. The Balaban J connectivity index is 2.19. The van der Waals surface area contributed by atoms with E-state index >= 15 is 0 Å². The van der Waals surface area contributed by atoms with Gasteiger partial charge in [-0.05, 0) is 30.0 Å². The van der Waals surface area contributed by atoms with E-state index < -0.39 is 6.61 Å². The summed E-state index contributed by atoms with van der Waals surface area (Å²) in [4.78, 5) is 1.20. The van der Waals surface area contributed by atoms with Crippen LogP contribution in [0.5, 0.6) is 11.5 Å². The van der Waals surface area contributed by atoms with Crippen molar-refractivity contribution in [1.29, 1.82) is 0 Å². The summed E-state index contributed by atoms with van der Waals surface area (Å²) < 4.78 is 34.4. The number of anilines is 1. The lowest BCUT2D eigenvalue weighted by Crippen LogP contribution is -2.09. The molecule has 0 aliphatic carbocycles. The third kappa shape index (κ3) is 4.07. The summed E-state index contributed by atoms with van der Waals surface area (Å²) in [6.07, 6.45) is 0.886. The molecule has 1 heterocycles. The Morgan fingerprint density at radius 1 is 1.24 bits per heavy atom. The van der Waals surface area contributed by atoms with Crippen molar-refractivity contribution in [3.63, 3.8) is 0 Å². The van der Waals surface area contributed by atoms with Crippen molar-refractivity contribution in [3.8, 4) is 11.5 Å². The Hall–Kier alpha value is -1.82. The molecule has 2 rings (SSSR count). The number of benzene rings is 1. The lowest BCUT2D eigenvalue weighted by molar-refractivity contribution is -0.0511. The normalized spacial score (nSPS) is 12.2. The minimum Gasteiger partial charge on any atom is -0.493 e. The molecule has 0 aliphatic heterocycles. The van der Waals surface area contributed by atoms with Gasteiger partial charge in [-0.25, -0.2) is 0 Å². The Labute approximate surface area is 126 Å². The third-order valence-electron chi connectivity index (χ3n) is 3.02. The van der Waals surface area contributed by atoms with Crippen LogP contribution >= 0.6 is 11.3 Å². The molecule has 0 saturated heterocycles. The van der Waals surface area contributed by atoms with Gasteiger partial charge in [0, 0.05) is 16.6 Å². The van der Waals surface area contributed by atoms with Crippen LogP contribution in [-0.4, -0.2) is 13.7 Å². The highest BCUT2D eigenvalue weighted by molar-refractivity contribution is 7.10. The molecule has 6 heteroatoms. The zero-order chi connectivity index (χ0) is 15.2. The smallest absolute Gasteiger partial charge is 0.387 e. The summed E-state index contributed by atoms with van der Waals surface area (Å²) in [7, 11) is 1.42. The van der Waals surface area contributed by atoms with E-state index in [9.17, 15) is 8.78 Å². The lowest BCUT2D eigenvalue weighted by atomic mass is 10.1. The number of nitrogens with one attached hydrogen (secondary N) is 1. The van der Waals surface area contributed by atoms with Gasteiger partial charge in [-0.3, -0.25) is 0 Å². The molecule has 0 radical (unpaired) electrons. The Morgan fingerprint density at radius 2 is 2.05 bits per heavy atom. The van der Waals surface area contributed by atoms with Gasteiger partial charge in [-0.1, -0.05) is 13.0 Å². The Morgan fingerprint density at radius 3 is 2.62 bits per heavy atom. The first-order chi connectivity index (χ1) is 10.1. The zero-order valence-corrected chi connectivity index (χ0v) is 12.6. The van der Waals surface area contributed by atoms with E-state index in [0.29, 0.717) is 5.69 Å². The average molecular weight is 313 g/mol. The van der Waals surface area contributed by atoms with Gasteiger partial charge >= 0.3 is 6.61 Å². The van der Waals surface area contributed by atoms with Gasteiger partial charge in [-0.15, -0.1) is 11.3 Å². The van der Waals surface area contributed by atoms with Gasteiger partial charge < -0.3 is 14.8 Å². The van der Waals surface area contributed by atoms with Crippen molar-refractivity contribution in [1.82, 2.24) is 0 Å². The molecule has 0 saturated carbocycles. The maximum absolute atomic E-state index is 12.4. The molecular formula is C15H17F2NO2S. The fraction of sp³-hybridized carbons (Fsp3) is 0.333. The first-order valence-electron chi connectivity index (χ1n) is 6.56. The average Bonchev–Trinajstić information content (AvgIpc) is 2.98. The van der Waals surface area contributed by atoms with Gasteiger partial charge in [0.25, 0.3) is 0 Å². The standard InChI is InChI=1S/C15H17F2NO2S/c1-3-11(14-5-4-8-21-14)18-10-6-7-12(19-2)13(9-10)20-15(16)17/h4-9,11,15,18H,3H2,1-2H3. The molecule has 0 spiro atoms. The number of alkyl halides is 2. The van der Waals surface area contributed by atoms with E-state index in [2.05, 4.69) is 17.0 Å². The highest BCUT2D eigenvalue weighted by atomic mass is 32.1. The molecule has 0 bridgehead atoms.